The van der Waals surface area contributed by atoms with Crippen molar-refractivity contribution in [3.63, 3.8) is 0 Å². The molecule has 0 unspecified atom stereocenters. The van der Waals surface area contributed by atoms with Gasteiger partial charge in [0.1, 0.15) is 25.6 Å². The van der Waals surface area contributed by atoms with E-state index in [1.165, 1.54) is 22.0 Å². The first-order valence-corrected chi connectivity index (χ1v) is 9.87. The number of aromatic amines is 1. The first kappa shape index (κ1) is 17.2. The number of hydrogen-bond acceptors (Lipinski definition) is 4. The van der Waals surface area contributed by atoms with Gasteiger partial charge in [-0.15, -0.1) is 0 Å². The highest BCUT2D eigenvalue weighted by atomic mass is 16.6. The minimum absolute atomic E-state index is 0.593. The van der Waals surface area contributed by atoms with Gasteiger partial charge in [0.2, 0.25) is 0 Å². The maximum Gasteiger partial charge on any atom is 0.165 e. The quantitative estimate of drug-likeness (QED) is 0.728. The molecule has 28 heavy (non-hydrogen) atoms. The molecule has 0 atom stereocenters. The van der Waals surface area contributed by atoms with Crippen LogP contribution in [0.5, 0.6) is 17.2 Å². The summed E-state index contributed by atoms with van der Waals surface area (Å²) in [5.74, 6) is 2.40. The Kier molecular flexibility index (Phi) is 4.67. The third-order valence-electron chi connectivity index (χ3n) is 5.42. The number of H-pyrrole nitrogens is 1. The van der Waals surface area contributed by atoms with Crippen LogP contribution in [0.1, 0.15) is 12.0 Å². The van der Waals surface area contributed by atoms with Gasteiger partial charge in [-0.25, -0.2) is 0 Å². The number of benzene rings is 2. The summed E-state index contributed by atoms with van der Waals surface area (Å²) >= 11 is 0. The zero-order chi connectivity index (χ0) is 18.8. The predicted molar refractivity (Wildman–Crippen MR) is 110 cm³/mol. The van der Waals surface area contributed by atoms with E-state index in [1.54, 1.807) is 0 Å². The van der Waals surface area contributed by atoms with Gasteiger partial charge >= 0.3 is 0 Å². The van der Waals surface area contributed by atoms with Gasteiger partial charge in [0.25, 0.3) is 0 Å². The van der Waals surface area contributed by atoms with Crippen molar-refractivity contribution in [2.24, 2.45) is 0 Å². The standard InChI is InChI=1S/C23H24N2O3/c1-2-4-21-19(3-1)20(16-24-21)17-7-9-25(10-8-17)11-12-26-18-5-6-22-23(15-18)28-14-13-27-22/h1-7,15-16,24H,8-14H2. The zero-order valence-electron chi connectivity index (χ0n) is 15.8. The lowest BCUT2D eigenvalue weighted by atomic mass is 9.99. The Bertz CT molecular complexity index is 1010. The second-order valence-electron chi connectivity index (χ2n) is 7.18. The van der Waals surface area contributed by atoms with E-state index in [-0.39, 0.29) is 0 Å². The fourth-order valence-corrected chi connectivity index (χ4v) is 3.90. The van der Waals surface area contributed by atoms with Crippen LogP contribution in [-0.4, -0.2) is 49.3 Å². The Hall–Kier alpha value is -2.92. The Balaban J connectivity index is 1.16. The van der Waals surface area contributed by atoms with E-state index in [1.807, 2.05) is 18.2 Å². The predicted octanol–water partition coefficient (Wildman–Crippen LogP) is 4.11. The number of rotatable bonds is 5. The molecule has 0 aliphatic carbocycles. The fraction of sp³-hybridized carbons (Fsp3) is 0.304. The van der Waals surface area contributed by atoms with Crippen LogP contribution in [0.4, 0.5) is 0 Å². The summed E-state index contributed by atoms with van der Waals surface area (Å²) in [5.41, 5.74) is 3.97. The molecule has 0 amide bonds. The molecule has 144 valence electrons. The summed E-state index contributed by atoms with van der Waals surface area (Å²) in [6.45, 7) is 4.78. The number of hydrogen-bond donors (Lipinski definition) is 1. The van der Waals surface area contributed by atoms with Gasteiger partial charge in [0.05, 0.1) is 0 Å². The third-order valence-corrected chi connectivity index (χ3v) is 5.42. The third kappa shape index (κ3) is 3.45. The second-order valence-corrected chi connectivity index (χ2v) is 7.18. The summed E-state index contributed by atoms with van der Waals surface area (Å²) in [4.78, 5) is 5.80. The summed E-state index contributed by atoms with van der Waals surface area (Å²) in [5, 5.41) is 1.31. The smallest absolute Gasteiger partial charge is 0.165 e. The Morgan fingerprint density at radius 1 is 1.04 bits per heavy atom. The van der Waals surface area contributed by atoms with Crippen molar-refractivity contribution in [1.82, 2.24) is 9.88 Å². The van der Waals surface area contributed by atoms with Gasteiger partial charge in [0, 0.05) is 48.4 Å². The fourth-order valence-electron chi connectivity index (χ4n) is 3.90. The first-order valence-electron chi connectivity index (χ1n) is 9.87. The zero-order valence-corrected chi connectivity index (χ0v) is 15.8. The van der Waals surface area contributed by atoms with Crippen molar-refractivity contribution >= 4 is 16.5 Å². The molecule has 5 nitrogen and oxygen atoms in total. The Morgan fingerprint density at radius 2 is 1.93 bits per heavy atom. The number of para-hydroxylation sites is 1. The molecule has 2 aromatic carbocycles. The van der Waals surface area contributed by atoms with E-state index in [4.69, 9.17) is 14.2 Å². The maximum atomic E-state index is 5.93. The van der Waals surface area contributed by atoms with Crippen molar-refractivity contribution in [2.45, 2.75) is 6.42 Å². The molecule has 5 heteroatoms. The van der Waals surface area contributed by atoms with E-state index in [0.717, 1.165) is 43.3 Å². The molecule has 0 saturated heterocycles. The molecule has 3 aromatic rings. The molecule has 2 aliphatic rings. The number of aromatic nitrogens is 1. The van der Waals surface area contributed by atoms with E-state index < -0.39 is 0 Å². The number of ether oxygens (including phenoxy) is 3. The van der Waals surface area contributed by atoms with Crippen LogP contribution in [0.2, 0.25) is 0 Å². The van der Waals surface area contributed by atoms with Gasteiger partial charge in [-0.1, -0.05) is 24.3 Å². The Morgan fingerprint density at radius 3 is 2.82 bits per heavy atom. The molecule has 0 fully saturated rings. The highest BCUT2D eigenvalue weighted by Gasteiger charge is 2.16. The highest BCUT2D eigenvalue weighted by molar-refractivity contribution is 5.92. The van der Waals surface area contributed by atoms with Crippen LogP contribution in [0.15, 0.2) is 54.7 Å². The van der Waals surface area contributed by atoms with Crippen LogP contribution in [0.25, 0.3) is 16.5 Å². The van der Waals surface area contributed by atoms with Crippen molar-refractivity contribution in [1.29, 1.82) is 0 Å². The van der Waals surface area contributed by atoms with Crippen LogP contribution >= 0.6 is 0 Å². The van der Waals surface area contributed by atoms with E-state index >= 15 is 0 Å². The van der Waals surface area contributed by atoms with Gasteiger partial charge in [0.15, 0.2) is 11.5 Å². The van der Waals surface area contributed by atoms with E-state index in [9.17, 15) is 0 Å². The van der Waals surface area contributed by atoms with Crippen molar-refractivity contribution in [3.8, 4) is 17.2 Å². The number of nitrogens with zero attached hydrogens (tertiary/aromatic N) is 1. The lowest BCUT2D eigenvalue weighted by molar-refractivity contribution is 0.169. The molecule has 2 aliphatic heterocycles. The molecule has 0 bridgehead atoms. The minimum atomic E-state index is 0.593. The van der Waals surface area contributed by atoms with Crippen molar-refractivity contribution < 1.29 is 14.2 Å². The maximum absolute atomic E-state index is 5.93. The normalized spacial score (nSPS) is 16.8. The second kappa shape index (κ2) is 7.60. The van der Waals surface area contributed by atoms with E-state index in [0.29, 0.717) is 19.8 Å². The van der Waals surface area contributed by atoms with Crippen molar-refractivity contribution in [3.05, 3.63) is 60.3 Å². The summed E-state index contributed by atoms with van der Waals surface area (Å²) in [7, 11) is 0. The van der Waals surface area contributed by atoms with Gasteiger partial charge < -0.3 is 19.2 Å². The number of fused-ring (bicyclic) bond motifs is 2. The summed E-state index contributed by atoms with van der Waals surface area (Å²) in [6.07, 6.45) is 5.55. The van der Waals surface area contributed by atoms with Crippen LogP contribution in [0, 0.1) is 0 Å². The molecule has 0 spiro atoms. The van der Waals surface area contributed by atoms with Crippen molar-refractivity contribution in [2.75, 3.05) is 39.5 Å². The highest BCUT2D eigenvalue weighted by Crippen LogP contribution is 2.33. The summed E-state index contributed by atoms with van der Waals surface area (Å²) < 4.78 is 17.1. The lowest BCUT2D eigenvalue weighted by Crippen LogP contribution is -2.32. The molecule has 5 rings (SSSR count). The monoisotopic (exact) mass is 376 g/mol. The molecule has 3 heterocycles. The molecule has 0 saturated carbocycles. The molecule has 1 aromatic heterocycles. The van der Waals surface area contributed by atoms with Gasteiger partial charge in [-0.3, -0.25) is 4.90 Å². The molecule has 0 radical (unpaired) electrons. The SMILES string of the molecule is C1=C(c2c[nH]c3ccccc23)CCN(CCOc2ccc3c(c2)OCCO3)C1. The lowest BCUT2D eigenvalue weighted by Gasteiger charge is -2.26. The van der Waals surface area contributed by atoms with Crippen LogP contribution in [-0.2, 0) is 0 Å². The van der Waals surface area contributed by atoms with Crippen LogP contribution < -0.4 is 14.2 Å². The van der Waals surface area contributed by atoms with Gasteiger partial charge in [-0.2, -0.15) is 0 Å². The average Bonchev–Trinajstić information content (AvgIpc) is 3.18. The molecular formula is C23H24N2O3. The van der Waals surface area contributed by atoms with E-state index in [2.05, 4.69) is 46.4 Å². The minimum Gasteiger partial charge on any atom is -0.492 e. The van der Waals surface area contributed by atoms with Gasteiger partial charge in [-0.05, 0) is 30.2 Å². The molecular weight excluding hydrogens is 352 g/mol. The van der Waals surface area contributed by atoms with Crippen LogP contribution in [0.3, 0.4) is 0 Å². The average molecular weight is 376 g/mol. The largest absolute Gasteiger partial charge is 0.492 e. The summed E-state index contributed by atoms with van der Waals surface area (Å²) in [6, 6.07) is 14.3. The topological polar surface area (TPSA) is 46.7 Å². The molecule has 1 N–H and O–H groups in total. The Labute approximate surface area is 164 Å². The number of nitrogens with one attached hydrogen (secondary N) is 1. The first-order chi connectivity index (χ1) is 13.9.